The summed E-state index contributed by atoms with van der Waals surface area (Å²) < 4.78 is 8.45. The molecule has 0 amide bonds. The van der Waals surface area contributed by atoms with Crippen LogP contribution in [0.5, 0.6) is 0 Å². The van der Waals surface area contributed by atoms with Gasteiger partial charge >= 0.3 is 6.01 Å². The van der Waals surface area contributed by atoms with Crippen molar-refractivity contribution in [1.82, 2.24) is 9.55 Å². The van der Waals surface area contributed by atoms with Crippen molar-refractivity contribution in [2.24, 2.45) is 0 Å². The van der Waals surface area contributed by atoms with E-state index in [4.69, 9.17) is 9.40 Å². The summed E-state index contributed by atoms with van der Waals surface area (Å²) in [5.74, 6) is 0. The van der Waals surface area contributed by atoms with Crippen molar-refractivity contribution in [3.8, 4) is 28.3 Å². The number of oxazole rings is 1. The molecule has 0 N–H and O–H groups in total. The van der Waals surface area contributed by atoms with Gasteiger partial charge in [-0.3, -0.25) is 4.57 Å². The summed E-state index contributed by atoms with van der Waals surface area (Å²) in [6.45, 7) is 8.75. The van der Waals surface area contributed by atoms with E-state index in [1.165, 1.54) is 55.3 Å². The van der Waals surface area contributed by atoms with E-state index in [0.717, 1.165) is 22.1 Å². The number of benzene rings is 5. The van der Waals surface area contributed by atoms with Crippen LogP contribution in [0.2, 0.25) is 0 Å². The highest BCUT2D eigenvalue weighted by Crippen LogP contribution is 2.39. The van der Waals surface area contributed by atoms with Gasteiger partial charge in [0.2, 0.25) is 0 Å². The van der Waals surface area contributed by atoms with Crippen LogP contribution in [-0.4, -0.2) is 9.55 Å². The molecule has 0 unspecified atom stereocenters. The second-order valence-electron chi connectivity index (χ2n) is 10.3. The summed E-state index contributed by atoms with van der Waals surface area (Å²) in [4.78, 5) is 4.87. The molecule has 0 saturated carbocycles. The zero-order valence-corrected chi connectivity index (χ0v) is 22.0. The fourth-order valence-corrected chi connectivity index (χ4v) is 6.04. The molecule has 2 aromatic heterocycles. The Morgan fingerprint density at radius 1 is 0.553 bits per heavy atom. The zero-order valence-electron chi connectivity index (χ0n) is 22.0. The quantitative estimate of drug-likeness (QED) is 0.246. The highest BCUT2D eigenvalue weighted by molar-refractivity contribution is 6.11. The standard InChI is InChI=1S/C35H28N2O/c1-21-9-7-10-22(2)33(21)25-15-17-30-27(19-25)28-20-26(34-23(3)11-8-12-24(34)4)16-18-31(28)37(30)35-36-29-13-5-6-14-32(29)38-35/h5-20H,1-4H3. The molecular weight excluding hydrogens is 464 g/mol. The molecule has 0 aliphatic rings. The third-order valence-electron chi connectivity index (χ3n) is 7.78. The molecule has 0 saturated heterocycles. The van der Waals surface area contributed by atoms with Crippen molar-refractivity contribution in [3.63, 3.8) is 0 Å². The van der Waals surface area contributed by atoms with Crippen LogP contribution in [0, 0.1) is 27.7 Å². The number of hydrogen-bond acceptors (Lipinski definition) is 2. The lowest BCUT2D eigenvalue weighted by Crippen LogP contribution is -1.94. The Morgan fingerprint density at radius 2 is 1.05 bits per heavy atom. The second kappa shape index (κ2) is 8.46. The minimum absolute atomic E-state index is 0.589. The minimum Gasteiger partial charge on any atom is -0.423 e. The number of nitrogens with zero attached hydrogens (tertiary/aromatic N) is 2. The van der Waals surface area contributed by atoms with Crippen LogP contribution in [0.3, 0.4) is 0 Å². The molecule has 0 radical (unpaired) electrons. The van der Waals surface area contributed by atoms with Gasteiger partial charge in [0.15, 0.2) is 5.58 Å². The summed E-state index contributed by atoms with van der Waals surface area (Å²) in [5, 5.41) is 2.38. The molecule has 0 bridgehead atoms. The van der Waals surface area contributed by atoms with Crippen molar-refractivity contribution in [2.45, 2.75) is 27.7 Å². The fraction of sp³-hybridized carbons (Fsp3) is 0.114. The van der Waals surface area contributed by atoms with Crippen molar-refractivity contribution in [1.29, 1.82) is 0 Å². The average molecular weight is 493 g/mol. The predicted octanol–water partition coefficient (Wildman–Crippen LogP) is 9.49. The molecule has 38 heavy (non-hydrogen) atoms. The van der Waals surface area contributed by atoms with Gasteiger partial charge in [0.1, 0.15) is 5.52 Å². The first-order valence-electron chi connectivity index (χ1n) is 13.1. The summed E-state index contributed by atoms with van der Waals surface area (Å²) in [7, 11) is 0. The lowest BCUT2D eigenvalue weighted by atomic mass is 9.93. The van der Waals surface area contributed by atoms with Gasteiger partial charge in [-0.2, -0.15) is 4.98 Å². The highest BCUT2D eigenvalue weighted by atomic mass is 16.4. The topological polar surface area (TPSA) is 31.0 Å². The maximum absolute atomic E-state index is 6.29. The van der Waals surface area contributed by atoms with E-state index in [0.29, 0.717) is 6.01 Å². The number of aryl methyl sites for hydroxylation is 4. The van der Waals surface area contributed by atoms with E-state index >= 15 is 0 Å². The van der Waals surface area contributed by atoms with Crippen LogP contribution in [0.25, 0.3) is 61.2 Å². The molecule has 7 aromatic rings. The molecule has 5 aromatic carbocycles. The molecule has 0 atom stereocenters. The molecule has 2 heterocycles. The Bertz CT molecular complexity index is 1840. The Morgan fingerprint density at radius 3 is 1.55 bits per heavy atom. The highest BCUT2D eigenvalue weighted by Gasteiger charge is 2.19. The molecular formula is C35H28N2O. The number of fused-ring (bicyclic) bond motifs is 4. The summed E-state index contributed by atoms with van der Waals surface area (Å²) in [6, 6.07) is 35.1. The number of aromatic nitrogens is 2. The Kier molecular flexibility index (Phi) is 5.02. The van der Waals surface area contributed by atoms with Gasteiger partial charge in [0.05, 0.1) is 11.0 Å². The third kappa shape index (κ3) is 3.39. The normalized spacial score (nSPS) is 11.7. The predicted molar refractivity (Wildman–Crippen MR) is 158 cm³/mol. The third-order valence-corrected chi connectivity index (χ3v) is 7.78. The van der Waals surface area contributed by atoms with Gasteiger partial charge in [-0.05, 0) is 109 Å². The van der Waals surface area contributed by atoms with Crippen molar-refractivity contribution >= 4 is 32.9 Å². The van der Waals surface area contributed by atoms with Crippen molar-refractivity contribution < 1.29 is 4.42 Å². The monoisotopic (exact) mass is 492 g/mol. The van der Waals surface area contributed by atoms with Crippen LogP contribution in [0.4, 0.5) is 0 Å². The van der Waals surface area contributed by atoms with Crippen LogP contribution >= 0.6 is 0 Å². The fourth-order valence-electron chi connectivity index (χ4n) is 6.04. The zero-order chi connectivity index (χ0) is 26.0. The van der Waals surface area contributed by atoms with Crippen molar-refractivity contribution in [3.05, 3.63) is 119 Å². The summed E-state index contributed by atoms with van der Waals surface area (Å²) in [5.41, 5.74) is 14.0. The largest absolute Gasteiger partial charge is 0.423 e. The molecule has 0 aliphatic heterocycles. The van der Waals surface area contributed by atoms with Gasteiger partial charge < -0.3 is 4.42 Å². The van der Waals surface area contributed by atoms with Crippen LogP contribution in [0.1, 0.15) is 22.3 Å². The van der Waals surface area contributed by atoms with E-state index in [9.17, 15) is 0 Å². The molecule has 0 fully saturated rings. The van der Waals surface area contributed by atoms with Gasteiger partial charge in [-0.1, -0.05) is 60.7 Å². The summed E-state index contributed by atoms with van der Waals surface area (Å²) >= 11 is 0. The van der Waals surface area contributed by atoms with E-state index in [1.807, 2.05) is 24.3 Å². The number of hydrogen-bond donors (Lipinski definition) is 0. The van der Waals surface area contributed by atoms with Crippen LogP contribution in [-0.2, 0) is 0 Å². The Labute approximate surface area is 222 Å². The maximum Gasteiger partial charge on any atom is 0.307 e. The molecule has 7 rings (SSSR count). The smallest absolute Gasteiger partial charge is 0.307 e. The van der Waals surface area contributed by atoms with Gasteiger partial charge in [0, 0.05) is 10.8 Å². The number of para-hydroxylation sites is 2. The van der Waals surface area contributed by atoms with E-state index in [1.54, 1.807) is 0 Å². The molecule has 3 nitrogen and oxygen atoms in total. The van der Waals surface area contributed by atoms with Crippen LogP contribution in [0.15, 0.2) is 101 Å². The van der Waals surface area contributed by atoms with Gasteiger partial charge in [-0.15, -0.1) is 0 Å². The van der Waals surface area contributed by atoms with E-state index in [-0.39, 0.29) is 0 Å². The number of rotatable bonds is 3. The second-order valence-corrected chi connectivity index (χ2v) is 10.3. The van der Waals surface area contributed by atoms with Gasteiger partial charge in [-0.25, -0.2) is 0 Å². The van der Waals surface area contributed by atoms with Crippen LogP contribution < -0.4 is 0 Å². The molecule has 3 heteroatoms. The molecule has 0 spiro atoms. The lowest BCUT2D eigenvalue weighted by molar-refractivity contribution is 0.574. The average Bonchev–Trinajstić information content (AvgIpc) is 3.47. The van der Waals surface area contributed by atoms with Crippen molar-refractivity contribution in [2.75, 3.05) is 0 Å². The first-order valence-corrected chi connectivity index (χ1v) is 13.1. The minimum atomic E-state index is 0.589. The van der Waals surface area contributed by atoms with E-state index < -0.39 is 0 Å². The first kappa shape index (κ1) is 22.6. The molecule has 184 valence electrons. The Hall–Kier alpha value is -4.63. The molecule has 0 aliphatic carbocycles. The first-order chi connectivity index (χ1) is 18.5. The lowest BCUT2D eigenvalue weighted by Gasteiger charge is -2.11. The van der Waals surface area contributed by atoms with E-state index in [2.05, 4.69) is 105 Å². The Balaban J connectivity index is 1.56. The SMILES string of the molecule is Cc1cccc(C)c1-c1ccc2c(c1)c1cc(-c3c(C)cccc3C)ccc1n2-c1nc2ccccc2o1. The summed E-state index contributed by atoms with van der Waals surface area (Å²) in [6.07, 6.45) is 0. The van der Waals surface area contributed by atoms with Gasteiger partial charge in [0.25, 0.3) is 0 Å². The maximum atomic E-state index is 6.29.